The van der Waals surface area contributed by atoms with Crippen molar-refractivity contribution in [2.75, 3.05) is 0 Å². The molecule has 2 nitrogen and oxygen atoms in total. The maximum absolute atomic E-state index is 4.47. The number of para-hydroxylation sites is 1. The summed E-state index contributed by atoms with van der Waals surface area (Å²) >= 11 is 0. The molecular weight excluding hydrogens is 172 g/mol. The van der Waals surface area contributed by atoms with Crippen molar-refractivity contribution in [1.82, 2.24) is 9.55 Å². The Morgan fingerprint density at radius 1 is 1.36 bits per heavy atom. The second-order valence-electron chi connectivity index (χ2n) is 3.88. The largest absolute Gasteiger partial charge is 0.328 e. The zero-order chi connectivity index (χ0) is 10.1. The van der Waals surface area contributed by atoms with Gasteiger partial charge >= 0.3 is 0 Å². The summed E-state index contributed by atoms with van der Waals surface area (Å²) in [6.45, 7) is 6.53. The van der Waals surface area contributed by atoms with Gasteiger partial charge in [-0.25, -0.2) is 4.98 Å². The molecule has 0 aliphatic carbocycles. The second kappa shape index (κ2) is 3.45. The number of imidazole rings is 1. The quantitative estimate of drug-likeness (QED) is 0.707. The molecule has 1 aromatic carbocycles. The van der Waals surface area contributed by atoms with E-state index in [1.165, 1.54) is 11.1 Å². The van der Waals surface area contributed by atoms with Gasteiger partial charge in [-0.15, -0.1) is 0 Å². The molecule has 0 saturated heterocycles. The third-order valence-electron chi connectivity index (χ3n) is 2.62. The van der Waals surface area contributed by atoms with E-state index in [1.54, 1.807) is 0 Å². The van der Waals surface area contributed by atoms with Crippen molar-refractivity contribution in [2.45, 2.75) is 33.2 Å². The number of benzene rings is 1. The van der Waals surface area contributed by atoms with Crippen LogP contribution in [0.4, 0.5) is 0 Å². The van der Waals surface area contributed by atoms with E-state index in [2.05, 4.69) is 48.5 Å². The summed E-state index contributed by atoms with van der Waals surface area (Å²) in [5.74, 6) is 0. The summed E-state index contributed by atoms with van der Waals surface area (Å²) in [7, 11) is 0. The summed E-state index contributed by atoms with van der Waals surface area (Å²) in [4.78, 5) is 4.47. The van der Waals surface area contributed by atoms with Gasteiger partial charge in [-0.05, 0) is 31.9 Å². The molecule has 1 aromatic heterocycles. The Bertz CT molecular complexity index is 441. The highest BCUT2D eigenvalue weighted by Gasteiger charge is 2.07. The van der Waals surface area contributed by atoms with Gasteiger partial charge in [0.1, 0.15) is 0 Å². The van der Waals surface area contributed by atoms with Crippen LogP contribution in [0.5, 0.6) is 0 Å². The van der Waals surface area contributed by atoms with Crippen molar-refractivity contribution >= 4 is 11.0 Å². The van der Waals surface area contributed by atoms with Crippen LogP contribution in [0.1, 0.15) is 32.4 Å². The second-order valence-corrected chi connectivity index (χ2v) is 3.88. The predicted octanol–water partition coefficient (Wildman–Crippen LogP) is 3.18. The summed E-state index contributed by atoms with van der Waals surface area (Å²) in [6.07, 6.45) is 2.99. The van der Waals surface area contributed by atoms with Gasteiger partial charge < -0.3 is 4.57 Å². The van der Waals surface area contributed by atoms with E-state index in [1.807, 2.05) is 6.33 Å². The van der Waals surface area contributed by atoms with Gasteiger partial charge in [0.15, 0.2) is 0 Å². The minimum absolute atomic E-state index is 0.479. The van der Waals surface area contributed by atoms with Crippen LogP contribution in [0.3, 0.4) is 0 Å². The lowest BCUT2D eigenvalue weighted by Gasteiger charge is -2.07. The van der Waals surface area contributed by atoms with Crippen LogP contribution in [-0.4, -0.2) is 9.55 Å². The molecule has 0 aliphatic rings. The van der Waals surface area contributed by atoms with Crippen molar-refractivity contribution in [2.24, 2.45) is 0 Å². The van der Waals surface area contributed by atoms with E-state index in [0.717, 1.165) is 11.9 Å². The van der Waals surface area contributed by atoms with Crippen molar-refractivity contribution in [3.05, 3.63) is 30.1 Å². The standard InChI is InChI=1S/C12H16N2/c1-4-10-6-5-7-11-12(10)13-8-14(11)9(2)3/h5-9H,4H2,1-3H3. The Morgan fingerprint density at radius 2 is 2.14 bits per heavy atom. The molecule has 0 N–H and O–H groups in total. The molecule has 0 atom stereocenters. The number of hydrogen-bond donors (Lipinski definition) is 0. The van der Waals surface area contributed by atoms with E-state index in [-0.39, 0.29) is 0 Å². The molecule has 0 fully saturated rings. The molecule has 0 saturated carbocycles. The van der Waals surface area contributed by atoms with Crippen LogP contribution in [0.15, 0.2) is 24.5 Å². The first-order valence-electron chi connectivity index (χ1n) is 5.18. The van der Waals surface area contributed by atoms with Crippen LogP contribution in [0.25, 0.3) is 11.0 Å². The maximum atomic E-state index is 4.47. The molecule has 74 valence electrons. The highest BCUT2D eigenvalue weighted by Crippen LogP contribution is 2.20. The summed E-state index contributed by atoms with van der Waals surface area (Å²) in [5, 5.41) is 0. The predicted molar refractivity (Wildman–Crippen MR) is 59.5 cm³/mol. The lowest BCUT2D eigenvalue weighted by Crippen LogP contribution is -1.97. The summed E-state index contributed by atoms with van der Waals surface area (Å²) < 4.78 is 2.22. The fourth-order valence-corrected chi connectivity index (χ4v) is 1.81. The molecule has 0 radical (unpaired) electrons. The molecule has 2 rings (SSSR count). The molecule has 0 bridgehead atoms. The zero-order valence-electron chi connectivity index (χ0n) is 8.99. The number of aromatic nitrogens is 2. The molecule has 2 heteroatoms. The Kier molecular flexibility index (Phi) is 2.28. The van der Waals surface area contributed by atoms with Gasteiger partial charge in [-0.2, -0.15) is 0 Å². The summed E-state index contributed by atoms with van der Waals surface area (Å²) in [5.41, 5.74) is 3.74. The monoisotopic (exact) mass is 188 g/mol. The minimum Gasteiger partial charge on any atom is -0.328 e. The van der Waals surface area contributed by atoms with Crippen LogP contribution in [0.2, 0.25) is 0 Å². The highest BCUT2D eigenvalue weighted by molar-refractivity contribution is 5.79. The smallest absolute Gasteiger partial charge is 0.0960 e. The fraction of sp³-hybridized carbons (Fsp3) is 0.417. The molecular formula is C12H16N2. The lowest BCUT2D eigenvalue weighted by atomic mass is 10.1. The third kappa shape index (κ3) is 1.31. The SMILES string of the molecule is CCc1cccc2c1ncn2C(C)C. The van der Waals surface area contributed by atoms with Gasteiger partial charge in [-0.3, -0.25) is 0 Å². The average molecular weight is 188 g/mol. The zero-order valence-corrected chi connectivity index (χ0v) is 8.99. The van der Waals surface area contributed by atoms with Gasteiger partial charge in [0.25, 0.3) is 0 Å². The van der Waals surface area contributed by atoms with E-state index in [0.29, 0.717) is 6.04 Å². The fourth-order valence-electron chi connectivity index (χ4n) is 1.81. The normalized spacial score (nSPS) is 11.4. The van der Waals surface area contributed by atoms with Gasteiger partial charge in [0.05, 0.1) is 17.4 Å². The molecule has 0 unspecified atom stereocenters. The van der Waals surface area contributed by atoms with Crippen molar-refractivity contribution in [3.63, 3.8) is 0 Å². The number of hydrogen-bond acceptors (Lipinski definition) is 1. The van der Waals surface area contributed by atoms with E-state index < -0.39 is 0 Å². The van der Waals surface area contributed by atoms with E-state index in [4.69, 9.17) is 0 Å². The molecule has 1 heterocycles. The van der Waals surface area contributed by atoms with Crippen molar-refractivity contribution < 1.29 is 0 Å². The van der Waals surface area contributed by atoms with Gasteiger partial charge in [0, 0.05) is 6.04 Å². The Labute approximate surface area is 84.6 Å². The molecule has 0 amide bonds. The van der Waals surface area contributed by atoms with Crippen LogP contribution >= 0.6 is 0 Å². The van der Waals surface area contributed by atoms with Crippen LogP contribution in [0, 0.1) is 0 Å². The first-order valence-corrected chi connectivity index (χ1v) is 5.18. The number of fused-ring (bicyclic) bond motifs is 1. The number of aryl methyl sites for hydroxylation is 1. The number of nitrogens with zero attached hydrogens (tertiary/aromatic N) is 2. The molecule has 0 aliphatic heterocycles. The Balaban J connectivity index is 2.69. The van der Waals surface area contributed by atoms with Gasteiger partial charge in [-0.1, -0.05) is 19.1 Å². The first-order chi connectivity index (χ1) is 6.74. The van der Waals surface area contributed by atoms with Crippen molar-refractivity contribution in [1.29, 1.82) is 0 Å². The topological polar surface area (TPSA) is 17.8 Å². The average Bonchev–Trinajstić information content (AvgIpc) is 2.60. The van der Waals surface area contributed by atoms with Crippen LogP contribution < -0.4 is 0 Å². The number of rotatable bonds is 2. The minimum atomic E-state index is 0.479. The van der Waals surface area contributed by atoms with Crippen LogP contribution in [-0.2, 0) is 6.42 Å². The van der Waals surface area contributed by atoms with Gasteiger partial charge in [0.2, 0.25) is 0 Å². The van der Waals surface area contributed by atoms with E-state index in [9.17, 15) is 0 Å². The summed E-state index contributed by atoms with van der Waals surface area (Å²) in [6, 6.07) is 6.88. The third-order valence-corrected chi connectivity index (χ3v) is 2.62. The highest BCUT2D eigenvalue weighted by atomic mass is 15.1. The van der Waals surface area contributed by atoms with Crippen molar-refractivity contribution in [3.8, 4) is 0 Å². The lowest BCUT2D eigenvalue weighted by molar-refractivity contribution is 0.617. The Morgan fingerprint density at radius 3 is 2.79 bits per heavy atom. The molecule has 14 heavy (non-hydrogen) atoms. The molecule has 0 spiro atoms. The maximum Gasteiger partial charge on any atom is 0.0960 e. The first kappa shape index (κ1) is 9.25. The van der Waals surface area contributed by atoms with E-state index >= 15 is 0 Å². The Hall–Kier alpha value is -1.31. The molecule has 2 aromatic rings.